The van der Waals surface area contributed by atoms with Gasteiger partial charge in [0, 0.05) is 31.9 Å². The fourth-order valence-electron chi connectivity index (χ4n) is 1.68. The number of anilines is 1. The van der Waals surface area contributed by atoms with Crippen LogP contribution in [0.1, 0.15) is 25.8 Å². The summed E-state index contributed by atoms with van der Waals surface area (Å²) in [7, 11) is 0. The molecule has 0 bridgehead atoms. The molecule has 0 saturated heterocycles. The molecular formula is C12H22N4O. The predicted molar refractivity (Wildman–Crippen MR) is 69.3 cm³/mol. The Labute approximate surface area is 103 Å². The molecule has 1 rings (SSSR count). The van der Waals surface area contributed by atoms with Crippen molar-refractivity contribution < 1.29 is 5.11 Å². The van der Waals surface area contributed by atoms with E-state index in [1.807, 2.05) is 12.1 Å². The van der Waals surface area contributed by atoms with Gasteiger partial charge in [-0.2, -0.15) is 0 Å². The summed E-state index contributed by atoms with van der Waals surface area (Å²) >= 11 is 0. The second kappa shape index (κ2) is 7.21. The lowest BCUT2D eigenvalue weighted by Crippen LogP contribution is -2.31. The molecule has 4 N–H and O–H groups in total. The fraction of sp³-hybridized carbons (Fsp3) is 0.583. The summed E-state index contributed by atoms with van der Waals surface area (Å²) in [5.74, 6) is 6.00. The molecule has 0 atom stereocenters. The molecule has 1 heterocycles. The van der Waals surface area contributed by atoms with Gasteiger partial charge >= 0.3 is 0 Å². The van der Waals surface area contributed by atoms with Gasteiger partial charge in [-0.3, -0.25) is 4.90 Å². The Balaban J connectivity index is 2.64. The van der Waals surface area contributed by atoms with Gasteiger partial charge in [0.05, 0.1) is 0 Å². The topological polar surface area (TPSA) is 74.4 Å². The number of rotatable bonds is 7. The minimum Gasteiger partial charge on any atom is -0.396 e. The monoisotopic (exact) mass is 238 g/mol. The summed E-state index contributed by atoms with van der Waals surface area (Å²) in [5.41, 5.74) is 3.71. The summed E-state index contributed by atoms with van der Waals surface area (Å²) in [6, 6.07) is 4.37. The molecule has 0 spiro atoms. The van der Waals surface area contributed by atoms with Gasteiger partial charge in [-0.1, -0.05) is 0 Å². The van der Waals surface area contributed by atoms with Crippen molar-refractivity contribution in [2.75, 3.05) is 18.6 Å². The number of nitrogens with one attached hydrogen (secondary N) is 1. The molecule has 0 aliphatic carbocycles. The van der Waals surface area contributed by atoms with Crippen molar-refractivity contribution in [1.29, 1.82) is 0 Å². The Morgan fingerprint density at radius 3 is 2.88 bits per heavy atom. The van der Waals surface area contributed by atoms with Crippen LogP contribution in [0.25, 0.3) is 0 Å². The predicted octanol–water partition coefficient (Wildman–Crippen LogP) is 0.960. The number of hydrazine groups is 1. The number of nitrogen functional groups attached to an aromatic ring is 1. The number of aliphatic hydroxyl groups is 1. The Morgan fingerprint density at radius 1 is 1.53 bits per heavy atom. The zero-order valence-corrected chi connectivity index (χ0v) is 10.6. The first-order valence-electron chi connectivity index (χ1n) is 5.93. The van der Waals surface area contributed by atoms with E-state index in [1.54, 1.807) is 6.20 Å². The maximum atomic E-state index is 8.88. The van der Waals surface area contributed by atoms with E-state index in [0.717, 1.165) is 19.5 Å². The number of aliphatic hydroxyl groups excluding tert-OH is 1. The first-order chi connectivity index (χ1) is 8.17. The SMILES string of the molecule is CC(C)N(CCCO)Cc1ccnc(NN)c1. The Bertz CT molecular complexity index is 330. The van der Waals surface area contributed by atoms with E-state index in [0.29, 0.717) is 11.9 Å². The maximum absolute atomic E-state index is 8.88. The zero-order chi connectivity index (χ0) is 12.7. The highest BCUT2D eigenvalue weighted by molar-refractivity contribution is 5.35. The zero-order valence-electron chi connectivity index (χ0n) is 10.6. The molecular weight excluding hydrogens is 216 g/mol. The second-order valence-electron chi connectivity index (χ2n) is 4.34. The third-order valence-corrected chi connectivity index (χ3v) is 2.69. The number of nitrogens with zero attached hydrogens (tertiary/aromatic N) is 2. The summed E-state index contributed by atoms with van der Waals surface area (Å²) in [4.78, 5) is 6.39. The summed E-state index contributed by atoms with van der Waals surface area (Å²) in [6.45, 7) is 6.27. The molecule has 0 amide bonds. The normalized spacial score (nSPS) is 11.2. The lowest BCUT2D eigenvalue weighted by atomic mass is 10.2. The Kier molecular flexibility index (Phi) is 5.90. The molecule has 1 aromatic rings. The minimum atomic E-state index is 0.231. The third-order valence-electron chi connectivity index (χ3n) is 2.69. The standard InChI is InChI=1S/C12H22N4O/c1-10(2)16(6-3-7-17)9-11-4-5-14-12(8-11)15-13/h4-5,8,10,17H,3,6-7,9,13H2,1-2H3,(H,14,15). The van der Waals surface area contributed by atoms with E-state index >= 15 is 0 Å². The summed E-state index contributed by atoms with van der Waals surface area (Å²) in [5, 5.41) is 8.88. The molecule has 96 valence electrons. The molecule has 0 unspecified atom stereocenters. The molecule has 0 saturated carbocycles. The van der Waals surface area contributed by atoms with Gasteiger partial charge in [-0.25, -0.2) is 10.8 Å². The van der Waals surface area contributed by atoms with Crippen LogP contribution in [0.5, 0.6) is 0 Å². The highest BCUT2D eigenvalue weighted by Gasteiger charge is 2.09. The van der Waals surface area contributed by atoms with Gasteiger partial charge in [0.25, 0.3) is 0 Å². The number of aromatic nitrogens is 1. The van der Waals surface area contributed by atoms with Crippen molar-refractivity contribution >= 4 is 5.82 Å². The molecule has 17 heavy (non-hydrogen) atoms. The third kappa shape index (κ3) is 4.68. The van der Waals surface area contributed by atoms with Crippen molar-refractivity contribution in [3.63, 3.8) is 0 Å². The van der Waals surface area contributed by atoms with Crippen molar-refractivity contribution in [1.82, 2.24) is 9.88 Å². The minimum absolute atomic E-state index is 0.231. The van der Waals surface area contributed by atoms with Crippen LogP contribution in [0.4, 0.5) is 5.82 Å². The fourth-order valence-corrected chi connectivity index (χ4v) is 1.68. The van der Waals surface area contributed by atoms with Gasteiger partial charge in [-0.15, -0.1) is 0 Å². The van der Waals surface area contributed by atoms with E-state index in [2.05, 4.69) is 29.2 Å². The summed E-state index contributed by atoms with van der Waals surface area (Å²) in [6.07, 6.45) is 2.54. The van der Waals surface area contributed by atoms with Crippen LogP contribution in [0.3, 0.4) is 0 Å². The average molecular weight is 238 g/mol. The second-order valence-corrected chi connectivity index (χ2v) is 4.34. The molecule has 0 radical (unpaired) electrons. The van der Waals surface area contributed by atoms with Crippen LogP contribution in [0.2, 0.25) is 0 Å². The van der Waals surface area contributed by atoms with Gasteiger partial charge < -0.3 is 10.5 Å². The molecule has 1 aromatic heterocycles. The maximum Gasteiger partial charge on any atom is 0.140 e. The summed E-state index contributed by atoms with van der Waals surface area (Å²) < 4.78 is 0. The smallest absolute Gasteiger partial charge is 0.140 e. The van der Waals surface area contributed by atoms with Gasteiger partial charge in [0.15, 0.2) is 0 Å². The molecule has 0 aliphatic heterocycles. The lowest BCUT2D eigenvalue weighted by molar-refractivity contribution is 0.185. The van der Waals surface area contributed by atoms with Gasteiger partial charge in [0.2, 0.25) is 0 Å². The lowest BCUT2D eigenvalue weighted by Gasteiger charge is -2.26. The molecule has 0 aromatic carbocycles. The van der Waals surface area contributed by atoms with Crippen molar-refractivity contribution in [3.05, 3.63) is 23.9 Å². The first kappa shape index (κ1) is 13.9. The quantitative estimate of drug-likeness (QED) is 0.487. The van der Waals surface area contributed by atoms with Crippen LogP contribution in [0, 0.1) is 0 Å². The van der Waals surface area contributed by atoms with E-state index in [1.165, 1.54) is 5.56 Å². The van der Waals surface area contributed by atoms with Crippen LogP contribution >= 0.6 is 0 Å². The average Bonchev–Trinajstić information content (AvgIpc) is 2.34. The van der Waals surface area contributed by atoms with Crippen LogP contribution < -0.4 is 11.3 Å². The van der Waals surface area contributed by atoms with Gasteiger partial charge in [-0.05, 0) is 38.0 Å². The van der Waals surface area contributed by atoms with Crippen LogP contribution in [-0.4, -0.2) is 34.2 Å². The van der Waals surface area contributed by atoms with Crippen LogP contribution in [-0.2, 0) is 6.54 Å². The molecule has 0 aliphatic rings. The number of hydrogen-bond donors (Lipinski definition) is 3. The van der Waals surface area contributed by atoms with Crippen molar-refractivity contribution in [2.24, 2.45) is 5.84 Å². The van der Waals surface area contributed by atoms with Crippen molar-refractivity contribution in [2.45, 2.75) is 32.9 Å². The molecule has 5 nitrogen and oxygen atoms in total. The Morgan fingerprint density at radius 2 is 2.29 bits per heavy atom. The van der Waals surface area contributed by atoms with E-state index in [-0.39, 0.29) is 6.61 Å². The van der Waals surface area contributed by atoms with E-state index in [4.69, 9.17) is 10.9 Å². The molecule has 5 heteroatoms. The molecule has 0 fully saturated rings. The van der Waals surface area contributed by atoms with E-state index < -0.39 is 0 Å². The van der Waals surface area contributed by atoms with Crippen molar-refractivity contribution in [3.8, 4) is 0 Å². The van der Waals surface area contributed by atoms with Gasteiger partial charge in [0.1, 0.15) is 5.82 Å². The first-order valence-corrected chi connectivity index (χ1v) is 5.93. The van der Waals surface area contributed by atoms with Crippen LogP contribution in [0.15, 0.2) is 18.3 Å². The number of nitrogens with two attached hydrogens (primary N) is 1. The van der Waals surface area contributed by atoms with E-state index in [9.17, 15) is 0 Å². The largest absolute Gasteiger partial charge is 0.396 e. The number of hydrogen-bond acceptors (Lipinski definition) is 5. The number of pyridine rings is 1. The Hall–Kier alpha value is -1.17. The highest BCUT2D eigenvalue weighted by atomic mass is 16.3. The highest BCUT2D eigenvalue weighted by Crippen LogP contribution is 2.11.